The van der Waals surface area contributed by atoms with Gasteiger partial charge in [0, 0.05) is 23.8 Å². The van der Waals surface area contributed by atoms with E-state index in [4.69, 9.17) is 16.0 Å². The molecule has 0 spiro atoms. The number of hydrogen-bond donors (Lipinski definition) is 1. The van der Waals surface area contributed by atoms with Crippen LogP contribution in [0.4, 0.5) is 0 Å². The lowest BCUT2D eigenvalue weighted by Gasteiger charge is -2.19. The maximum absolute atomic E-state index is 5.81. The number of hydrogen-bond acceptors (Lipinski definition) is 3. The fraction of sp³-hybridized carbons (Fsp3) is 0.462. The van der Waals surface area contributed by atoms with Crippen molar-refractivity contribution in [3.8, 4) is 0 Å². The van der Waals surface area contributed by atoms with Crippen molar-refractivity contribution < 1.29 is 4.42 Å². The molecule has 98 valence electrons. The highest BCUT2D eigenvalue weighted by molar-refractivity contribution is 6.30. The zero-order valence-corrected chi connectivity index (χ0v) is 11.7. The molecule has 0 aliphatic rings. The van der Waals surface area contributed by atoms with E-state index in [0.717, 1.165) is 17.9 Å². The molecule has 4 nitrogen and oxygen atoms in total. The van der Waals surface area contributed by atoms with Crippen molar-refractivity contribution in [3.05, 3.63) is 41.1 Å². The Morgan fingerprint density at radius 3 is 2.83 bits per heavy atom. The smallest absolute Gasteiger partial charge is 0.125 e. The third kappa shape index (κ3) is 3.89. The Labute approximate surface area is 112 Å². The molecular weight excluding hydrogens is 250 g/mol. The van der Waals surface area contributed by atoms with Gasteiger partial charge in [-0.05, 0) is 26.8 Å². The fourth-order valence-electron chi connectivity index (χ4n) is 1.55. The number of aromatic nitrogens is 2. The maximum atomic E-state index is 5.81. The molecular formula is C13H18ClN3O. The van der Waals surface area contributed by atoms with Crippen LogP contribution in [0, 0.1) is 0 Å². The van der Waals surface area contributed by atoms with Gasteiger partial charge in [-0.15, -0.1) is 0 Å². The minimum atomic E-state index is 0.104. The predicted molar refractivity (Wildman–Crippen MR) is 71.6 cm³/mol. The molecule has 0 unspecified atom stereocenters. The van der Waals surface area contributed by atoms with Gasteiger partial charge in [-0.25, -0.2) is 0 Å². The van der Waals surface area contributed by atoms with Crippen LogP contribution in [0.3, 0.4) is 0 Å². The third-order valence-corrected chi connectivity index (χ3v) is 2.65. The number of rotatable bonds is 4. The fourth-order valence-corrected chi connectivity index (χ4v) is 1.71. The summed E-state index contributed by atoms with van der Waals surface area (Å²) in [5, 5.41) is 8.17. The quantitative estimate of drug-likeness (QED) is 0.926. The van der Waals surface area contributed by atoms with Crippen LogP contribution in [0.1, 0.15) is 32.1 Å². The van der Waals surface area contributed by atoms with Gasteiger partial charge in [0.15, 0.2) is 0 Å². The summed E-state index contributed by atoms with van der Waals surface area (Å²) in [5.41, 5.74) is 1.24. The molecule has 5 heteroatoms. The SMILES string of the molecule is CC(C)(C)NCc1coc(Cn2cc(Cl)cn2)c1. The van der Waals surface area contributed by atoms with Gasteiger partial charge in [0.1, 0.15) is 5.76 Å². The highest BCUT2D eigenvalue weighted by Gasteiger charge is 2.10. The van der Waals surface area contributed by atoms with Crippen molar-refractivity contribution >= 4 is 11.6 Å². The first kappa shape index (κ1) is 13.2. The molecule has 18 heavy (non-hydrogen) atoms. The van der Waals surface area contributed by atoms with Crippen LogP contribution in [0.2, 0.25) is 5.02 Å². The Morgan fingerprint density at radius 2 is 2.22 bits per heavy atom. The lowest BCUT2D eigenvalue weighted by atomic mass is 10.1. The van der Waals surface area contributed by atoms with Crippen molar-refractivity contribution in [3.63, 3.8) is 0 Å². The number of nitrogens with one attached hydrogen (secondary N) is 1. The molecule has 2 aromatic rings. The summed E-state index contributed by atoms with van der Waals surface area (Å²) >= 11 is 5.81. The van der Waals surface area contributed by atoms with E-state index in [1.165, 1.54) is 0 Å². The van der Waals surface area contributed by atoms with Gasteiger partial charge >= 0.3 is 0 Å². The Balaban J connectivity index is 1.94. The van der Waals surface area contributed by atoms with Crippen LogP contribution in [-0.2, 0) is 13.1 Å². The first-order valence-electron chi connectivity index (χ1n) is 5.92. The van der Waals surface area contributed by atoms with Crippen molar-refractivity contribution in [1.29, 1.82) is 0 Å². The molecule has 1 N–H and O–H groups in total. The second-order valence-corrected chi connectivity index (χ2v) is 5.82. The Bertz CT molecular complexity index is 510. The van der Waals surface area contributed by atoms with Crippen molar-refractivity contribution in [1.82, 2.24) is 15.1 Å². The summed E-state index contributed by atoms with van der Waals surface area (Å²) in [7, 11) is 0. The van der Waals surface area contributed by atoms with E-state index in [-0.39, 0.29) is 5.54 Å². The predicted octanol–water partition coefficient (Wildman–Crippen LogP) is 3.07. The maximum Gasteiger partial charge on any atom is 0.125 e. The van der Waals surface area contributed by atoms with E-state index in [9.17, 15) is 0 Å². The summed E-state index contributed by atoms with van der Waals surface area (Å²) in [4.78, 5) is 0. The van der Waals surface area contributed by atoms with E-state index in [1.54, 1.807) is 23.3 Å². The molecule has 2 aromatic heterocycles. The van der Waals surface area contributed by atoms with Crippen molar-refractivity contribution in [2.45, 2.75) is 39.4 Å². The molecule has 2 heterocycles. The second kappa shape index (κ2) is 5.16. The summed E-state index contributed by atoms with van der Waals surface area (Å²) in [6, 6.07) is 2.04. The van der Waals surface area contributed by atoms with E-state index in [1.807, 2.05) is 6.07 Å². The molecule has 0 saturated heterocycles. The van der Waals surface area contributed by atoms with Gasteiger partial charge < -0.3 is 9.73 Å². The van der Waals surface area contributed by atoms with Gasteiger partial charge in [-0.3, -0.25) is 4.68 Å². The van der Waals surface area contributed by atoms with Crippen LogP contribution < -0.4 is 5.32 Å². The number of nitrogens with zero attached hydrogens (tertiary/aromatic N) is 2. The Morgan fingerprint density at radius 1 is 1.44 bits per heavy atom. The normalized spacial score (nSPS) is 12.0. The molecule has 0 radical (unpaired) electrons. The number of furan rings is 1. The average Bonchev–Trinajstić information content (AvgIpc) is 2.85. The summed E-state index contributed by atoms with van der Waals surface area (Å²) in [6.07, 6.45) is 5.17. The summed E-state index contributed by atoms with van der Waals surface area (Å²) in [5.74, 6) is 0.875. The van der Waals surface area contributed by atoms with Gasteiger partial charge in [0.05, 0.1) is 24.0 Å². The minimum absolute atomic E-state index is 0.104. The number of halogens is 1. The first-order valence-corrected chi connectivity index (χ1v) is 6.29. The largest absolute Gasteiger partial charge is 0.467 e. The third-order valence-electron chi connectivity index (χ3n) is 2.45. The van der Waals surface area contributed by atoms with E-state index in [0.29, 0.717) is 11.6 Å². The van der Waals surface area contributed by atoms with Gasteiger partial charge in [-0.2, -0.15) is 5.10 Å². The zero-order valence-electron chi connectivity index (χ0n) is 10.9. The highest BCUT2D eigenvalue weighted by Crippen LogP contribution is 2.12. The standard InChI is InChI=1S/C13H18ClN3O/c1-13(2,3)15-5-10-4-12(18-9-10)8-17-7-11(14)6-16-17/h4,6-7,9,15H,5,8H2,1-3H3. The van der Waals surface area contributed by atoms with Crippen molar-refractivity contribution in [2.75, 3.05) is 0 Å². The summed E-state index contributed by atoms with van der Waals surface area (Å²) < 4.78 is 7.25. The van der Waals surface area contributed by atoms with Crippen LogP contribution in [0.15, 0.2) is 29.1 Å². The molecule has 0 aromatic carbocycles. The molecule has 0 aliphatic heterocycles. The van der Waals surface area contributed by atoms with Crippen LogP contribution in [0.5, 0.6) is 0 Å². The Kier molecular flexibility index (Phi) is 3.78. The Hall–Kier alpha value is -1.26. The van der Waals surface area contributed by atoms with Gasteiger partial charge in [-0.1, -0.05) is 11.6 Å². The summed E-state index contributed by atoms with van der Waals surface area (Å²) in [6.45, 7) is 7.81. The molecule has 0 fully saturated rings. The van der Waals surface area contributed by atoms with E-state index >= 15 is 0 Å². The molecule has 0 aliphatic carbocycles. The molecule has 0 saturated carbocycles. The first-order chi connectivity index (χ1) is 8.42. The molecule has 0 bridgehead atoms. The van der Waals surface area contributed by atoms with Crippen LogP contribution >= 0.6 is 11.6 Å². The lowest BCUT2D eigenvalue weighted by Crippen LogP contribution is -2.34. The van der Waals surface area contributed by atoms with Crippen LogP contribution in [0.25, 0.3) is 0 Å². The minimum Gasteiger partial charge on any atom is -0.467 e. The zero-order chi connectivity index (χ0) is 13.2. The average molecular weight is 268 g/mol. The van der Waals surface area contributed by atoms with E-state index in [2.05, 4.69) is 31.2 Å². The van der Waals surface area contributed by atoms with Gasteiger partial charge in [0.25, 0.3) is 0 Å². The molecule has 0 atom stereocenters. The van der Waals surface area contributed by atoms with Gasteiger partial charge in [0.2, 0.25) is 0 Å². The van der Waals surface area contributed by atoms with Crippen LogP contribution in [-0.4, -0.2) is 15.3 Å². The monoisotopic (exact) mass is 267 g/mol. The lowest BCUT2D eigenvalue weighted by molar-refractivity contribution is 0.422. The van der Waals surface area contributed by atoms with E-state index < -0.39 is 0 Å². The second-order valence-electron chi connectivity index (χ2n) is 5.38. The molecule has 2 rings (SSSR count). The highest BCUT2D eigenvalue weighted by atomic mass is 35.5. The van der Waals surface area contributed by atoms with Crippen molar-refractivity contribution in [2.24, 2.45) is 0 Å². The molecule has 0 amide bonds. The topological polar surface area (TPSA) is 43.0 Å².